The number of hydrogen-bond acceptors (Lipinski definition) is 13. The molecular weight excluding hydrogens is 797 g/mol. The minimum atomic E-state index is -2.11. The van der Waals surface area contributed by atoms with Crippen molar-refractivity contribution in [1.82, 2.24) is 5.32 Å². The number of carboxylic acid groups (broad SMARTS) is 1. The summed E-state index contributed by atoms with van der Waals surface area (Å²) < 4.78 is 25.7. The summed E-state index contributed by atoms with van der Waals surface area (Å²) in [5.41, 5.74) is 2.40. The second kappa shape index (κ2) is 19.5. The third-order valence-electron chi connectivity index (χ3n) is 13.1. The van der Waals surface area contributed by atoms with Crippen LogP contribution in [-0.2, 0) is 35.0 Å². The Labute approximate surface area is 361 Å². The van der Waals surface area contributed by atoms with Crippen molar-refractivity contribution >= 4 is 29.7 Å². The number of carboxylic acids is 1. The van der Waals surface area contributed by atoms with Gasteiger partial charge in [-0.25, -0.2) is 4.79 Å². The van der Waals surface area contributed by atoms with Crippen LogP contribution in [0.3, 0.4) is 0 Å². The molecule has 2 heterocycles. The molecule has 2 saturated carbocycles. The standard InChI is InChI=1S/C48H58N2O12/c49-22-23-59-41-18-14-32(25-39(41)54)12-16-36(51)29-61-47(45(57)58)27-40(55)44-48(30-50-35-8-4-5-9-35)42(47)20-21-46(62-48,43(56)19-15-33-13-17-37(52)38(53)24-33)26-34(28-60-44)11-10-31-6-2-1-3-7-31/h1-3,6-7,12-19,24-25,34-35,40,42,44,50,52-55H,4-5,8-11,20-23,26-30,49H2,(H,57,58). The van der Waals surface area contributed by atoms with Crippen molar-refractivity contribution in [1.29, 1.82) is 0 Å². The Morgan fingerprint density at radius 3 is 2.32 bits per heavy atom. The molecule has 4 aliphatic rings. The van der Waals surface area contributed by atoms with Crippen LogP contribution in [0.5, 0.6) is 23.0 Å². The van der Waals surface area contributed by atoms with E-state index < -0.39 is 53.3 Å². The molecule has 3 aromatic rings. The predicted molar refractivity (Wildman–Crippen MR) is 230 cm³/mol. The van der Waals surface area contributed by atoms with Gasteiger partial charge in [0.25, 0.3) is 0 Å². The lowest BCUT2D eigenvalue weighted by Gasteiger charge is -2.63. The van der Waals surface area contributed by atoms with E-state index in [-0.39, 0.29) is 92.7 Å². The number of ether oxygens (including phenoxy) is 4. The zero-order valence-electron chi connectivity index (χ0n) is 34.8. The molecule has 2 aliphatic carbocycles. The first kappa shape index (κ1) is 44.9. The molecule has 0 amide bonds. The molecule has 0 radical (unpaired) electrons. The molecule has 4 fully saturated rings. The zero-order valence-corrected chi connectivity index (χ0v) is 34.8. The van der Waals surface area contributed by atoms with Crippen molar-refractivity contribution in [2.75, 3.05) is 32.9 Å². The van der Waals surface area contributed by atoms with Gasteiger partial charge in [-0.1, -0.05) is 67.5 Å². The van der Waals surface area contributed by atoms with E-state index in [0.29, 0.717) is 24.0 Å². The van der Waals surface area contributed by atoms with Crippen molar-refractivity contribution in [2.24, 2.45) is 17.6 Å². The van der Waals surface area contributed by atoms with E-state index in [0.717, 1.165) is 31.2 Å². The van der Waals surface area contributed by atoms with Crippen LogP contribution in [0.25, 0.3) is 12.2 Å². The number of benzene rings is 3. The summed E-state index contributed by atoms with van der Waals surface area (Å²) in [6, 6.07) is 18.9. The molecule has 7 atom stereocenters. The first-order valence-electron chi connectivity index (χ1n) is 21.6. The number of rotatable bonds is 18. The molecule has 14 nitrogen and oxygen atoms in total. The lowest BCUT2D eigenvalue weighted by Crippen LogP contribution is -2.78. The third-order valence-corrected chi connectivity index (χ3v) is 13.1. The predicted octanol–water partition coefficient (Wildman–Crippen LogP) is 5.08. The fourth-order valence-electron chi connectivity index (χ4n) is 10.00. The Kier molecular flexibility index (Phi) is 14.2. The van der Waals surface area contributed by atoms with Gasteiger partial charge in [0.15, 0.2) is 40.2 Å². The topological polar surface area (TPSA) is 227 Å². The highest BCUT2D eigenvalue weighted by atomic mass is 16.6. The highest BCUT2D eigenvalue weighted by Gasteiger charge is 2.71. The molecule has 7 unspecified atom stereocenters. The van der Waals surface area contributed by atoms with Gasteiger partial charge < -0.3 is 55.5 Å². The molecule has 2 saturated heterocycles. The summed E-state index contributed by atoms with van der Waals surface area (Å²) in [5, 5.41) is 57.4. The Hall–Kier alpha value is -5.09. The maximum atomic E-state index is 14.9. The van der Waals surface area contributed by atoms with Crippen LogP contribution in [0.1, 0.15) is 74.5 Å². The Balaban J connectivity index is 1.22. The number of phenols is 3. The smallest absolute Gasteiger partial charge is 0.336 e. The molecular formula is C48H58N2O12. The molecule has 7 rings (SSSR count). The fourth-order valence-corrected chi connectivity index (χ4v) is 10.00. The number of aryl methyl sites for hydroxylation is 1. The number of carbonyl (C=O) groups excluding carboxylic acids is 2. The van der Waals surface area contributed by atoms with Crippen molar-refractivity contribution < 1.29 is 58.9 Å². The van der Waals surface area contributed by atoms with E-state index in [1.807, 2.05) is 30.3 Å². The minimum Gasteiger partial charge on any atom is -0.504 e. The van der Waals surface area contributed by atoms with Crippen LogP contribution >= 0.6 is 0 Å². The van der Waals surface area contributed by atoms with Crippen molar-refractivity contribution in [2.45, 2.75) is 99.3 Å². The molecule has 62 heavy (non-hydrogen) atoms. The first-order valence-corrected chi connectivity index (χ1v) is 21.6. The van der Waals surface area contributed by atoms with E-state index in [1.54, 1.807) is 24.3 Å². The highest BCUT2D eigenvalue weighted by Crippen LogP contribution is 2.57. The van der Waals surface area contributed by atoms with E-state index in [4.69, 9.17) is 24.7 Å². The molecule has 3 aromatic carbocycles. The lowest BCUT2D eigenvalue weighted by molar-refractivity contribution is -0.332. The number of aliphatic hydroxyl groups is 1. The molecule has 8 N–H and O–H groups in total. The van der Waals surface area contributed by atoms with Crippen molar-refractivity contribution in [3.05, 3.63) is 95.6 Å². The summed E-state index contributed by atoms with van der Waals surface area (Å²) in [4.78, 5) is 42.0. The van der Waals surface area contributed by atoms with Gasteiger partial charge in [0.1, 0.15) is 30.5 Å². The quantitative estimate of drug-likeness (QED) is 0.0654. The maximum Gasteiger partial charge on any atom is 0.336 e. The second-order valence-electron chi connectivity index (χ2n) is 17.2. The van der Waals surface area contributed by atoms with Crippen LogP contribution in [0.2, 0.25) is 0 Å². The van der Waals surface area contributed by atoms with Crippen LogP contribution < -0.4 is 15.8 Å². The summed E-state index contributed by atoms with van der Waals surface area (Å²) in [5.74, 6) is -3.96. The second-order valence-corrected chi connectivity index (χ2v) is 17.2. The molecule has 0 spiro atoms. The number of aliphatic hydroxyl groups excluding tert-OH is 1. The minimum absolute atomic E-state index is 0.0596. The highest BCUT2D eigenvalue weighted by molar-refractivity contribution is 6.00. The van der Waals surface area contributed by atoms with E-state index in [1.165, 1.54) is 36.4 Å². The third kappa shape index (κ3) is 9.75. The van der Waals surface area contributed by atoms with Gasteiger partial charge in [-0.05, 0) is 104 Å². The Morgan fingerprint density at radius 2 is 1.61 bits per heavy atom. The van der Waals surface area contributed by atoms with Gasteiger partial charge in [0.2, 0.25) is 0 Å². The normalized spacial score (nSPS) is 28.7. The largest absolute Gasteiger partial charge is 0.504 e. The summed E-state index contributed by atoms with van der Waals surface area (Å²) >= 11 is 0. The van der Waals surface area contributed by atoms with Crippen LogP contribution in [0, 0.1) is 11.8 Å². The monoisotopic (exact) mass is 854 g/mol. The fraction of sp³-hybridized carbons (Fsp3) is 0.479. The summed E-state index contributed by atoms with van der Waals surface area (Å²) in [7, 11) is 0. The number of nitrogens with one attached hydrogen (secondary N) is 1. The number of aliphatic carboxylic acids is 1. The average Bonchev–Trinajstić information content (AvgIpc) is 3.79. The first-order chi connectivity index (χ1) is 29.9. The molecule has 0 aromatic heterocycles. The molecule has 2 aliphatic heterocycles. The van der Waals surface area contributed by atoms with Crippen LogP contribution in [0.4, 0.5) is 0 Å². The Bertz CT molecular complexity index is 2120. The maximum absolute atomic E-state index is 14.9. The van der Waals surface area contributed by atoms with Gasteiger partial charge in [0.05, 0.1) is 12.7 Å². The van der Waals surface area contributed by atoms with Gasteiger partial charge in [-0.2, -0.15) is 0 Å². The number of ketones is 2. The van der Waals surface area contributed by atoms with E-state index in [2.05, 4.69) is 5.32 Å². The van der Waals surface area contributed by atoms with E-state index >= 15 is 0 Å². The molecule has 14 heteroatoms. The SMILES string of the molecule is NCCOc1ccc(C=CC(=O)COC2(C(=O)O)CC(O)C3OCC(CCc4ccccc4)CC4(C(=O)C=Cc5ccc(O)c(O)c5)CCC2C3(CNC2CCCC2)O4)cc1O. The number of nitrogens with two attached hydrogens (primary N) is 1. The number of phenolic OH excluding ortho intramolecular Hbond substituents is 3. The zero-order chi connectivity index (χ0) is 43.9. The summed E-state index contributed by atoms with van der Waals surface area (Å²) in [6.07, 6.45) is 8.50. The van der Waals surface area contributed by atoms with E-state index in [9.17, 15) is 39.9 Å². The van der Waals surface area contributed by atoms with Crippen LogP contribution in [-0.4, -0.2) is 111 Å². The van der Waals surface area contributed by atoms with Gasteiger partial charge in [-0.15, -0.1) is 0 Å². The van der Waals surface area contributed by atoms with Gasteiger partial charge >= 0.3 is 5.97 Å². The number of aromatic hydroxyl groups is 3. The van der Waals surface area contributed by atoms with Gasteiger partial charge in [-0.3, -0.25) is 9.59 Å². The van der Waals surface area contributed by atoms with Crippen molar-refractivity contribution in [3.8, 4) is 23.0 Å². The number of hydrogen-bond donors (Lipinski definition) is 7. The number of fused-ring (bicyclic) bond motifs is 1. The number of carbonyl (C=O) groups is 3. The molecule has 2 bridgehead atoms. The van der Waals surface area contributed by atoms with Gasteiger partial charge in [0, 0.05) is 31.5 Å². The lowest BCUT2D eigenvalue weighted by atomic mass is 9.57. The molecule has 332 valence electrons. The average molecular weight is 855 g/mol. The van der Waals surface area contributed by atoms with Crippen molar-refractivity contribution in [3.63, 3.8) is 0 Å². The van der Waals surface area contributed by atoms with Crippen LogP contribution in [0.15, 0.2) is 78.9 Å². The Morgan fingerprint density at radius 1 is 0.887 bits per heavy atom. The summed E-state index contributed by atoms with van der Waals surface area (Å²) in [6.45, 7) is 0.0851.